The average Bonchev–Trinajstić information content (AvgIpc) is 2.87. The molecule has 21 heavy (non-hydrogen) atoms. The molecular weight excluding hydrogens is 270 g/mol. The van der Waals surface area contributed by atoms with Gasteiger partial charge in [-0.2, -0.15) is 5.10 Å². The number of benzene rings is 1. The number of hydrogen-bond donors (Lipinski definition) is 3. The fraction of sp³-hybridized carbons (Fsp3) is 0.200. The van der Waals surface area contributed by atoms with E-state index in [1.54, 1.807) is 18.2 Å². The van der Waals surface area contributed by atoms with Crippen molar-refractivity contribution in [2.75, 3.05) is 7.11 Å². The van der Waals surface area contributed by atoms with E-state index in [9.17, 15) is 10.2 Å². The number of pyridine rings is 1. The molecule has 0 spiro atoms. The Bertz CT molecular complexity index is 811. The van der Waals surface area contributed by atoms with Crippen LogP contribution in [0.5, 0.6) is 11.5 Å². The first-order valence-electron chi connectivity index (χ1n) is 6.47. The van der Waals surface area contributed by atoms with Gasteiger partial charge in [-0.1, -0.05) is 0 Å². The fourth-order valence-corrected chi connectivity index (χ4v) is 2.42. The average molecular weight is 285 g/mol. The van der Waals surface area contributed by atoms with Crippen LogP contribution in [0.25, 0.3) is 22.3 Å². The molecule has 0 aliphatic carbocycles. The maximum absolute atomic E-state index is 9.58. The zero-order chi connectivity index (χ0) is 15.0. The molecule has 6 heteroatoms. The van der Waals surface area contributed by atoms with E-state index in [-0.39, 0.29) is 12.4 Å². The zero-order valence-corrected chi connectivity index (χ0v) is 11.7. The first-order chi connectivity index (χ1) is 10.1. The third-order valence-electron chi connectivity index (χ3n) is 3.42. The van der Waals surface area contributed by atoms with Gasteiger partial charge in [0.15, 0.2) is 5.65 Å². The molecule has 0 aliphatic rings. The van der Waals surface area contributed by atoms with E-state index in [2.05, 4.69) is 15.2 Å². The monoisotopic (exact) mass is 285 g/mol. The second-order valence-electron chi connectivity index (χ2n) is 4.76. The van der Waals surface area contributed by atoms with Crippen LogP contribution in [0, 0.1) is 6.92 Å². The van der Waals surface area contributed by atoms with E-state index in [4.69, 9.17) is 4.74 Å². The summed E-state index contributed by atoms with van der Waals surface area (Å²) >= 11 is 0. The summed E-state index contributed by atoms with van der Waals surface area (Å²) in [7, 11) is 1.53. The summed E-state index contributed by atoms with van der Waals surface area (Å²) in [5, 5.41) is 27.0. The lowest BCUT2D eigenvalue weighted by Crippen LogP contribution is -1.94. The van der Waals surface area contributed by atoms with Gasteiger partial charge in [0.25, 0.3) is 0 Å². The van der Waals surface area contributed by atoms with Crippen LogP contribution in [0.2, 0.25) is 0 Å². The molecule has 2 heterocycles. The summed E-state index contributed by atoms with van der Waals surface area (Å²) in [6.07, 6.45) is 0. The van der Waals surface area contributed by atoms with Crippen molar-refractivity contribution >= 4 is 11.0 Å². The molecule has 0 amide bonds. The van der Waals surface area contributed by atoms with E-state index < -0.39 is 0 Å². The third kappa shape index (κ3) is 2.19. The molecule has 1 aromatic carbocycles. The van der Waals surface area contributed by atoms with Crippen molar-refractivity contribution < 1.29 is 14.9 Å². The number of nitrogens with one attached hydrogen (secondary N) is 1. The molecule has 3 aromatic rings. The number of nitrogens with zero attached hydrogens (tertiary/aromatic N) is 2. The van der Waals surface area contributed by atoms with Gasteiger partial charge in [-0.3, -0.25) is 5.10 Å². The van der Waals surface area contributed by atoms with Gasteiger partial charge in [0.05, 0.1) is 19.4 Å². The van der Waals surface area contributed by atoms with Gasteiger partial charge >= 0.3 is 0 Å². The molecule has 0 aliphatic heterocycles. The smallest absolute Gasteiger partial charge is 0.182 e. The number of hydrogen-bond acceptors (Lipinski definition) is 5. The largest absolute Gasteiger partial charge is 0.508 e. The number of phenolic OH excluding ortho intramolecular Hbond substituents is 1. The normalized spacial score (nSPS) is 11.0. The van der Waals surface area contributed by atoms with Gasteiger partial charge in [-0.15, -0.1) is 0 Å². The van der Waals surface area contributed by atoms with Crippen molar-refractivity contribution in [1.29, 1.82) is 0 Å². The molecule has 0 saturated heterocycles. The number of phenols is 1. The zero-order valence-electron chi connectivity index (χ0n) is 11.7. The first-order valence-corrected chi connectivity index (χ1v) is 6.47. The van der Waals surface area contributed by atoms with Crippen LogP contribution in [0.3, 0.4) is 0 Å². The van der Waals surface area contributed by atoms with Gasteiger partial charge in [-0.05, 0) is 30.7 Å². The minimum absolute atomic E-state index is 0.104. The predicted molar refractivity (Wildman–Crippen MR) is 78.2 cm³/mol. The Labute approximate surface area is 121 Å². The van der Waals surface area contributed by atoms with E-state index in [1.807, 2.05) is 6.92 Å². The summed E-state index contributed by atoms with van der Waals surface area (Å²) in [6, 6.07) is 6.62. The van der Waals surface area contributed by atoms with Crippen molar-refractivity contribution in [3.05, 3.63) is 35.5 Å². The van der Waals surface area contributed by atoms with Crippen LogP contribution < -0.4 is 4.74 Å². The predicted octanol–water partition coefficient (Wildman–Crippen LogP) is 2.14. The quantitative estimate of drug-likeness (QED) is 0.685. The first kappa shape index (κ1) is 13.4. The van der Waals surface area contributed by atoms with E-state index in [1.165, 1.54) is 13.2 Å². The van der Waals surface area contributed by atoms with Crippen LogP contribution in [0.15, 0.2) is 24.3 Å². The minimum Gasteiger partial charge on any atom is -0.508 e. The lowest BCUT2D eigenvalue weighted by Gasteiger charge is -2.10. The van der Waals surface area contributed by atoms with Crippen molar-refractivity contribution in [2.45, 2.75) is 13.5 Å². The summed E-state index contributed by atoms with van der Waals surface area (Å²) in [5.41, 5.74) is 3.52. The van der Waals surface area contributed by atoms with Crippen LogP contribution in [-0.2, 0) is 6.61 Å². The number of aromatic nitrogens is 3. The maximum Gasteiger partial charge on any atom is 0.182 e. The Kier molecular flexibility index (Phi) is 3.23. The fourth-order valence-electron chi connectivity index (χ4n) is 2.42. The number of H-pyrrole nitrogens is 1. The van der Waals surface area contributed by atoms with Crippen LogP contribution >= 0.6 is 0 Å². The number of aromatic amines is 1. The summed E-state index contributed by atoms with van der Waals surface area (Å²) < 4.78 is 5.28. The number of aromatic hydroxyl groups is 1. The van der Waals surface area contributed by atoms with Crippen LogP contribution in [0.1, 0.15) is 11.3 Å². The number of methoxy groups -OCH3 is 1. The minimum atomic E-state index is -0.104. The Morgan fingerprint density at radius 2 is 2.10 bits per heavy atom. The lowest BCUT2D eigenvalue weighted by molar-refractivity contribution is 0.283. The van der Waals surface area contributed by atoms with Crippen LogP contribution in [-0.4, -0.2) is 32.5 Å². The van der Waals surface area contributed by atoms with Crippen molar-refractivity contribution in [3.8, 4) is 22.8 Å². The second-order valence-corrected chi connectivity index (χ2v) is 4.76. The topological polar surface area (TPSA) is 91.3 Å². The van der Waals surface area contributed by atoms with Crippen molar-refractivity contribution in [2.24, 2.45) is 0 Å². The number of rotatable bonds is 3. The highest BCUT2D eigenvalue weighted by atomic mass is 16.5. The maximum atomic E-state index is 9.58. The van der Waals surface area contributed by atoms with Gasteiger partial charge in [0, 0.05) is 22.7 Å². The Morgan fingerprint density at radius 3 is 2.81 bits per heavy atom. The molecule has 6 nitrogen and oxygen atoms in total. The molecule has 2 aromatic heterocycles. The van der Waals surface area contributed by atoms with E-state index in [0.29, 0.717) is 17.1 Å². The molecule has 0 radical (unpaired) electrons. The highest BCUT2D eigenvalue weighted by Crippen LogP contribution is 2.34. The molecular formula is C15H15N3O3. The molecule has 3 N–H and O–H groups in total. The summed E-state index contributed by atoms with van der Waals surface area (Å²) in [4.78, 5) is 4.50. The summed E-state index contributed by atoms with van der Waals surface area (Å²) in [6.45, 7) is 1.78. The van der Waals surface area contributed by atoms with Gasteiger partial charge < -0.3 is 14.9 Å². The van der Waals surface area contributed by atoms with Crippen molar-refractivity contribution in [3.63, 3.8) is 0 Å². The van der Waals surface area contributed by atoms with Gasteiger partial charge in [0.2, 0.25) is 0 Å². The highest BCUT2D eigenvalue weighted by Gasteiger charge is 2.14. The highest BCUT2D eigenvalue weighted by molar-refractivity contribution is 5.85. The Morgan fingerprint density at radius 1 is 1.29 bits per heavy atom. The number of aryl methyl sites for hydroxylation is 1. The second kappa shape index (κ2) is 5.06. The van der Waals surface area contributed by atoms with Crippen LogP contribution in [0.4, 0.5) is 0 Å². The molecule has 3 rings (SSSR count). The number of aliphatic hydroxyl groups is 1. The van der Waals surface area contributed by atoms with Gasteiger partial charge in [-0.25, -0.2) is 4.98 Å². The molecule has 0 unspecified atom stereocenters. The Hall–Kier alpha value is -2.60. The Balaban J connectivity index is 2.26. The molecule has 0 bridgehead atoms. The number of aliphatic hydroxyl groups excluding tert-OH is 1. The van der Waals surface area contributed by atoms with Gasteiger partial charge in [0.1, 0.15) is 11.5 Å². The molecule has 0 saturated carbocycles. The van der Waals surface area contributed by atoms with E-state index in [0.717, 1.165) is 22.2 Å². The molecule has 108 valence electrons. The molecule has 0 fully saturated rings. The third-order valence-corrected chi connectivity index (χ3v) is 3.42. The van der Waals surface area contributed by atoms with Crippen molar-refractivity contribution in [1.82, 2.24) is 15.2 Å². The molecule has 0 atom stereocenters. The lowest BCUT2D eigenvalue weighted by atomic mass is 10.0. The SMILES string of the molecule is COc1cc(O)ccc1-c1cc(CO)c2c(C)[nH]nc2n1. The number of fused-ring (bicyclic) bond motifs is 1. The number of ether oxygens (including phenoxy) is 1. The van der Waals surface area contributed by atoms with E-state index >= 15 is 0 Å². The standard InChI is InChI=1S/C15H15N3O3/c1-8-14-9(7-19)5-12(16-15(14)18-17-8)11-4-3-10(20)6-13(11)21-2/h3-6,19-20H,7H2,1-2H3,(H,16,17,18). The summed E-state index contributed by atoms with van der Waals surface area (Å²) in [5.74, 6) is 0.632.